The van der Waals surface area contributed by atoms with Crippen LogP contribution in [0.15, 0.2) is 18.2 Å². The van der Waals surface area contributed by atoms with Crippen molar-refractivity contribution in [3.8, 4) is 5.75 Å². The molecule has 0 radical (unpaired) electrons. The number of nitrogens with one attached hydrogen (secondary N) is 2. The van der Waals surface area contributed by atoms with E-state index >= 15 is 0 Å². The number of ether oxygens (including phenoxy) is 1. The van der Waals surface area contributed by atoms with E-state index in [4.69, 9.17) is 4.74 Å². The van der Waals surface area contributed by atoms with Gasteiger partial charge in [0.1, 0.15) is 5.75 Å². The first kappa shape index (κ1) is 19.3. The van der Waals surface area contributed by atoms with Crippen LogP contribution < -0.4 is 15.4 Å². The fourth-order valence-corrected chi connectivity index (χ4v) is 3.52. The Morgan fingerprint density at radius 3 is 2.48 bits per heavy atom. The lowest BCUT2D eigenvalue weighted by atomic mass is 9.79. The maximum absolute atomic E-state index is 12.5. The number of amides is 2. The second kappa shape index (κ2) is 9.44. The number of benzene rings is 1. The van der Waals surface area contributed by atoms with Crippen LogP contribution in [0.2, 0.25) is 0 Å². The first-order valence-corrected chi connectivity index (χ1v) is 9.30. The van der Waals surface area contributed by atoms with Crippen LogP contribution in [-0.4, -0.2) is 18.9 Å². The molecule has 0 bridgehead atoms. The highest BCUT2D eigenvalue weighted by Gasteiger charge is 2.26. The van der Waals surface area contributed by atoms with Crippen LogP contribution in [0, 0.1) is 11.8 Å². The van der Waals surface area contributed by atoms with Crippen molar-refractivity contribution >= 4 is 23.2 Å². The van der Waals surface area contributed by atoms with E-state index in [-0.39, 0.29) is 17.7 Å². The Morgan fingerprint density at radius 2 is 1.88 bits per heavy atom. The van der Waals surface area contributed by atoms with Crippen molar-refractivity contribution in [1.29, 1.82) is 0 Å². The molecule has 1 aliphatic rings. The number of anilines is 2. The van der Waals surface area contributed by atoms with Crippen LogP contribution in [0.1, 0.15) is 58.8 Å². The Bertz CT molecular complexity index is 593. The zero-order chi connectivity index (χ0) is 18.2. The van der Waals surface area contributed by atoms with Gasteiger partial charge in [0, 0.05) is 18.5 Å². The Kier molecular flexibility index (Phi) is 7.29. The topological polar surface area (TPSA) is 67.4 Å². The minimum Gasteiger partial charge on any atom is -0.495 e. The summed E-state index contributed by atoms with van der Waals surface area (Å²) in [7, 11) is 1.55. The average Bonchev–Trinajstić information content (AvgIpc) is 2.60. The Balaban J connectivity index is 1.93. The van der Waals surface area contributed by atoms with E-state index in [9.17, 15) is 9.59 Å². The predicted molar refractivity (Wildman–Crippen MR) is 101 cm³/mol. The fraction of sp³-hybridized carbons (Fsp3) is 0.600. The van der Waals surface area contributed by atoms with Crippen LogP contribution in [0.25, 0.3) is 0 Å². The van der Waals surface area contributed by atoms with Gasteiger partial charge in [-0.3, -0.25) is 9.59 Å². The van der Waals surface area contributed by atoms with Crippen LogP contribution in [0.3, 0.4) is 0 Å². The van der Waals surface area contributed by atoms with Crippen LogP contribution in [-0.2, 0) is 9.59 Å². The summed E-state index contributed by atoms with van der Waals surface area (Å²) in [6.45, 7) is 3.67. The maximum atomic E-state index is 12.5. The molecule has 0 aliphatic heterocycles. The first-order chi connectivity index (χ1) is 12.0. The van der Waals surface area contributed by atoms with Crippen LogP contribution in [0.4, 0.5) is 11.4 Å². The lowest BCUT2D eigenvalue weighted by molar-refractivity contribution is -0.121. The molecule has 1 aliphatic carbocycles. The SMILES string of the molecule is CCCCC1CCC(C(=O)Nc2ccc(OC)c(NC(C)=O)c2)CC1. The molecule has 1 aromatic rings. The monoisotopic (exact) mass is 346 g/mol. The Hall–Kier alpha value is -2.04. The molecule has 1 saturated carbocycles. The van der Waals surface area contributed by atoms with Crippen molar-refractivity contribution in [3.05, 3.63) is 18.2 Å². The molecule has 5 nitrogen and oxygen atoms in total. The van der Waals surface area contributed by atoms with E-state index in [2.05, 4.69) is 17.6 Å². The molecule has 25 heavy (non-hydrogen) atoms. The molecule has 0 heterocycles. The number of hydrogen-bond acceptors (Lipinski definition) is 3. The van der Waals surface area contributed by atoms with E-state index < -0.39 is 0 Å². The summed E-state index contributed by atoms with van der Waals surface area (Å²) in [4.78, 5) is 23.9. The van der Waals surface area contributed by atoms with Crippen LogP contribution in [0.5, 0.6) is 5.75 Å². The Labute approximate surface area is 150 Å². The molecule has 2 N–H and O–H groups in total. The molecule has 0 atom stereocenters. The third-order valence-electron chi connectivity index (χ3n) is 4.96. The van der Waals surface area contributed by atoms with Gasteiger partial charge in [0.05, 0.1) is 12.8 Å². The van der Waals surface area contributed by atoms with Crippen molar-refractivity contribution in [3.63, 3.8) is 0 Å². The second-order valence-electron chi connectivity index (χ2n) is 6.95. The van der Waals surface area contributed by atoms with Gasteiger partial charge in [0.15, 0.2) is 0 Å². The Morgan fingerprint density at radius 1 is 1.16 bits per heavy atom. The zero-order valence-corrected chi connectivity index (χ0v) is 15.6. The molecule has 0 spiro atoms. The molecular formula is C20H30N2O3. The molecule has 138 valence electrons. The number of unbranched alkanes of at least 4 members (excludes halogenated alkanes) is 1. The van der Waals surface area contributed by atoms with Gasteiger partial charge in [-0.25, -0.2) is 0 Å². The number of hydrogen-bond donors (Lipinski definition) is 2. The van der Waals surface area contributed by atoms with Gasteiger partial charge in [-0.1, -0.05) is 26.2 Å². The average molecular weight is 346 g/mol. The molecule has 1 aromatic carbocycles. The first-order valence-electron chi connectivity index (χ1n) is 9.30. The van der Waals surface area contributed by atoms with Gasteiger partial charge >= 0.3 is 0 Å². The summed E-state index contributed by atoms with van der Waals surface area (Å²) in [5.74, 6) is 1.35. The van der Waals surface area contributed by atoms with Gasteiger partial charge < -0.3 is 15.4 Å². The summed E-state index contributed by atoms with van der Waals surface area (Å²) >= 11 is 0. The van der Waals surface area contributed by atoms with Gasteiger partial charge in [0.25, 0.3) is 0 Å². The smallest absolute Gasteiger partial charge is 0.227 e. The molecule has 5 heteroatoms. The van der Waals surface area contributed by atoms with Gasteiger partial charge in [-0.05, 0) is 49.8 Å². The van der Waals surface area contributed by atoms with E-state index in [1.54, 1.807) is 25.3 Å². The lowest BCUT2D eigenvalue weighted by Crippen LogP contribution is -2.27. The zero-order valence-electron chi connectivity index (χ0n) is 15.6. The fourth-order valence-electron chi connectivity index (χ4n) is 3.52. The van der Waals surface area contributed by atoms with E-state index in [1.165, 1.54) is 26.2 Å². The molecular weight excluding hydrogens is 316 g/mol. The third kappa shape index (κ3) is 5.76. The number of carbonyl (C=O) groups is 2. The van der Waals surface area contributed by atoms with Crippen LogP contribution >= 0.6 is 0 Å². The predicted octanol–water partition coefficient (Wildman–Crippen LogP) is 4.59. The van der Waals surface area contributed by atoms with Gasteiger partial charge in [0.2, 0.25) is 11.8 Å². The summed E-state index contributed by atoms with van der Waals surface area (Å²) in [5.41, 5.74) is 1.25. The second-order valence-corrected chi connectivity index (χ2v) is 6.95. The number of methoxy groups -OCH3 is 1. The lowest BCUT2D eigenvalue weighted by Gasteiger charge is -2.27. The third-order valence-corrected chi connectivity index (χ3v) is 4.96. The molecule has 2 rings (SSSR count). The quantitative estimate of drug-likeness (QED) is 0.759. The largest absolute Gasteiger partial charge is 0.495 e. The summed E-state index contributed by atoms with van der Waals surface area (Å²) in [6, 6.07) is 5.29. The summed E-state index contributed by atoms with van der Waals surface area (Å²) in [6.07, 6.45) is 8.07. The minimum absolute atomic E-state index is 0.0767. The molecule has 0 saturated heterocycles. The highest BCUT2D eigenvalue weighted by atomic mass is 16.5. The maximum Gasteiger partial charge on any atom is 0.227 e. The highest BCUT2D eigenvalue weighted by Crippen LogP contribution is 2.33. The minimum atomic E-state index is -0.174. The molecule has 0 aromatic heterocycles. The highest BCUT2D eigenvalue weighted by molar-refractivity contribution is 5.95. The molecule has 1 fully saturated rings. The van der Waals surface area contributed by atoms with Crippen molar-refractivity contribution in [2.24, 2.45) is 11.8 Å². The standard InChI is InChI=1S/C20H30N2O3/c1-4-5-6-15-7-9-16(10-8-15)20(24)22-17-11-12-19(25-3)18(13-17)21-14(2)23/h11-13,15-16H,4-10H2,1-3H3,(H,21,23)(H,22,24). The van der Waals surface area contributed by atoms with E-state index in [0.717, 1.165) is 31.6 Å². The van der Waals surface area contributed by atoms with Crippen molar-refractivity contribution < 1.29 is 14.3 Å². The summed E-state index contributed by atoms with van der Waals surface area (Å²) < 4.78 is 5.24. The normalized spacial score (nSPS) is 20.0. The van der Waals surface area contributed by atoms with E-state index in [0.29, 0.717) is 17.1 Å². The number of carbonyl (C=O) groups excluding carboxylic acids is 2. The van der Waals surface area contributed by atoms with Crippen molar-refractivity contribution in [2.45, 2.75) is 58.8 Å². The summed E-state index contributed by atoms with van der Waals surface area (Å²) in [5, 5.41) is 5.72. The molecule has 0 unspecified atom stereocenters. The van der Waals surface area contributed by atoms with Gasteiger partial charge in [-0.15, -0.1) is 0 Å². The number of rotatable bonds is 7. The van der Waals surface area contributed by atoms with E-state index in [1.807, 2.05) is 0 Å². The van der Waals surface area contributed by atoms with Crippen molar-refractivity contribution in [1.82, 2.24) is 0 Å². The van der Waals surface area contributed by atoms with Crippen molar-refractivity contribution in [2.75, 3.05) is 17.7 Å². The van der Waals surface area contributed by atoms with Gasteiger partial charge in [-0.2, -0.15) is 0 Å². The molecule has 2 amide bonds.